The molecule has 1 rings (SSSR count). The minimum absolute atomic E-state index is 0.410. The van der Waals surface area contributed by atoms with Gasteiger partial charge in [0.25, 0.3) is 5.91 Å². The van der Waals surface area contributed by atoms with Crippen molar-refractivity contribution in [3.63, 3.8) is 0 Å². The molecule has 0 radical (unpaired) electrons. The summed E-state index contributed by atoms with van der Waals surface area (Å²) >= 11 is 0. The Hall–Kier alpha value is -1.77. The number of hydrogen-bond acceptors (Lipinski definition) is 2. The Kier molecular flexibility index (Phi) is 3.73. The van der Waals surface area contributed by atoms with Crippen LogP contribution in [-0.2, 0) is 0 Å². The molecule has 0 unspecified atom stereocenters. The molecule has 1 aromatic carbocycles. The largest absolute Gasteiger partial charge is 0.384 e. The van der Waals surface area contributed by atoms with Gasteiger partial charge in [0.05, 0.1) is 5.56 Å². The van der Waals surface area contributed by atoms with E-state index in [0.29, 0.717) is 5.56 Å². The minimum Gasteiger partial charge on any atom is -0.384 e. The number of nitrogens with one attached hydrogen (secondary N) is 1. The van der Waals surface area contributed by atoms with Crippen molar-refractivity contribution in [2.24, 2.45) is 5.73 Å². The fraction of sp³-hybridized carbons (Fsp3) is 0.182. The highest BCUT2D eigenvalue weighted by molar-refractivity contribution is 5.98. The molecule has 1 amide bonds. The van der Waals surface area contributed by atoms with Gasteiger partial charge in [-0.05, 0) is 18.6 Å². The maximum absolute atomic E-state index is 11.0. The number of benzene rings is 1. The van der Waals surface area contributed by atoms with Crippen LogP contribution >= 0.6 is 0 Å². The number of carbonyl (C=O) groups is 1. The predicted molar refractivity (Wildman–Crippen MR) is 58.3 cm³/mol. The molecule has 0 aliphatic heterocycles. The average Bonchev–Trinajstić information content (AvgIpc) is 2.19. The third-order valence-corrected chi connectivity index (χ3v) is 1.86. The van der Waals surface area contributed by atoms with Crippen molar-refractivity contribution in [2.45, 2.75) is 6.42 Å². The molecule has 1 aromatic rings. The van der Waals surface area contributed by atoms with E-state index in [1.807, 2.05) is 18.2 Å². The van der Waals surface area contributed by atoms with Crippen molar-refractivity contribution in [3.8, 4) is 0 Å². The van der Waals surface area contributed by atoms with Gasteiger partial charge in [0, 0.05) is 12.2 Å². The molecule has 0 saturated carbocycles. The number of rotatable bonds is 5. The lowest BCUT2D eigenvalue weighted by atomic mass is 10.1. The Morgan fingerprint density at radius 3 is 2.86 bits per heavy atom. The molecule has 0 aliphatic rings. The number of hydrogen-bond donors (Lipinski definition) is 2. The van der Waals surface area contributed by atoms with Gasteiger partial charge in [-0.15, -0.1) is 6.58 Å². The number of amides is 1. The molecule has 14 heavy (non-hydrogen) atoms. The first-order valence-electron chi connectivity index (χ1n) is 4.49. The van der Waals surface area contributed by atoms with E-state index in [1.54, 1.807) is 12.1 Å². The van der Waals surface area contributed by atoms with Crippen LogP contribution in [0.15, 0.2) is 36.9 Å². The van der Waals surface area contributed by atoms with Gasteiger partial charge in [-0.25, -0.2) is 0 Å². The highest BCUT2D eigenvalue weighted by atomic mass is 16.1. The summed E-state index contributed by atoms with van der Waals surface area (Å²) in [5, 5.41) is 3.12. The Morgan fingerprint density at radius 2 is 2.21 bits per heavy atom. The quantitative estimate of drug-likeness (QED) is 0.549. The van der Waals surface area contributed by atoms with E-state index < -0.39 is 5.91 Å². The fourth-order valence-corrected chi connectivity index (χ4v) is 1.16. The number of nitrogens with two attached hydrogens (primary N) is 1. The molecule has 3 nitrogen and oxygen atoms in total. The number of anilines is 1. The summed E-state index contributed by atoms with van der Waals surface area (Å²) in [7, 11) is 0. The molecule has 0 heterocycles. The standard InChI is InChI=1S/C11H14N2O/c1-2-3-8-13-10-7-5-4-6-9(10)11(12)14/h2,4-7,13H,1,3,8H2,(H2,12,14). The molecular formula is C11H14N2O. The van der Waals surface area contributed by atoms with Gasteiger partial charge in [-0.3, -0.25) is 4.79 Å². The topological polar surface area (TPSA) is 55.1 Å². The lowest BCUT2D eigenvalue weighted by molar-refractivity contribution is 0.100. The van der Waals surface area contributed by atoms with Crippen LogP contribution in [0.5, 0.6) is 0 Å². The van der Waals surface area contributed by atoms with Gasteiger partial charge in [0.15, 0.2) is 0 Å². The van der Waals surface area contributed by atoms with Crippen LogP contribution in [0.25, 0.3) is 0 Å². The zero-order valence-corrected chi connectivity index (χ0v) is 7.99. The molecule has 0 spiro atoms. The molecule has 0 saturated heterocycles. The summed E-state index contributed by atoms with van der Waals surface area (Å²) in [6.07, 6.45) is 2.67. The van der Waals surface area contributed by atoms with Gasteiger partial charge in [-0.2, -0.15) is 0 Å². The first-order valence-corrected chi connectivity index (χ1v) is 4.49. The van der Waals surface area contributed by atoms with Crippen LogP contribution in [-0.4, -0.2) is 12.5 Å². The summed E-state index contributed by atoms with van der Waals surface area (Å²) in [4.78, 5) is 11.0. The average molecular weight is 190 g/mol. The number of carbonyl (C=O) groups excluding carboxylic acids is 1. The third kappa shape index (κ3) is 2.62. The zero-order valence-electron chi connectivity index (χ0n) is 7.99. The van der Waals surface area contributed by atoms with Crippen LogP contribution in [0, 0.1) is 0 Å². The van der Waals surface area contributed by atoms with Crippen LogP contribution in [0.4, 0.5) is 5.69 Å². The SMILES string of the molecule is C=CCCNc1ccccc1C(N)=O. The lowest BCUT2D eigenvalue weighted by Crippen LogP contribution is -2.14. The van der Waals surface area contributed by atoms with Crippen LogP contribution in [0.3, 0.4) is 0 Å². The second-order valence-corrected chi connectivity index (χ2v) is 2.91. The number of para-hydroxylation sites is 1. The minimum atomic E-state index is -0.410. The Labute approximate surface area is 83.6 Å². The summed E-state index contributed by atoms with van der Waals surface area (Å²) in [5.74, 6) is -0.410. The second-order valence-electron chi connectivity index (χ2n) is 2.91. The molecule has 0 fully saturated rings. The zero-order chi connectivity index (χ0) is 10.4. The van der Waals surface area contributed by atoms with Gasteiger partial charge < -0.3 is 11.1 Å². The highest BCUT2D eigenvalue weighted by Gasteiger charge is 2.05. The van der Waals surface area contributed by atoms with E-state index >= 15 is 0 Å². The highest BCUT2D eigenvalue weighted by Crippen LogP contribution is 2.13. The molecular weight excluding hydrogens is 176 g/mol. The van der Waals surface area contributed by atoms with Crippen molar-refractivity contribution in [1.82, 2.24) is 0 Å². The molecule has 74 valence electrons. The van der Waals surface area contributed by atoms with E-state index in [0.717, 1.165) is 18.7 Å². The molecule has 3 heteroatoms. The van der Waals surface area contributed by atoms with Crippen LogP contribution < -0.4 is 11.1 Å². The summed E-state index contributed by atoms with van der Waals surface area (Å²) in [6.45, 7) is 4.38. The van der Waals surface area contributed by atoms with E-state index in [-0.39, 0.29) is 0 Å². The fourth-order valence-electron chi connectivity index (χ4n) is 1.16. The lowest BCUT2D eigenvalue weighted by Gasteiger charge is -2.08. The van der Waals surface area contributed by atoms with Crippen molar-refractivity contribution in [1.29, 1.82) is 0 Å². The van der Waals surface area contributed by atoms with E-state index in [4.69, 9.17) is 5.73 Å². The first-order chi connectivity index (χ1) is 6.75. The normalized spacial score (nSPS) is 9.43. The molecule has 0 bridgehead atoms. The molecule has 0 atom stereocenters. The maximum atomic E-state index is 11.0. The van der Waals surface area contributed by atoms with Crippen molar-refractivity contribution in [2.75, 3.05) is 11.9 Å². The van der Waals surface area contributed by atoms with Crippen molar-refractivity contribution in [3.05, 3.63) is 42.5 Å². The first kappa shape index (κ1) is 10.3. The third-order valence-electron chi connectivity index (χ3n) is 1.86. The Morgan fingerprint density at radius 1 is 1.50 bits per heavy atom. The van der Waals surface area contributed by atoms with E-state index in [2.05, 4.69) is 11.9 Å². The van der Waals surface area contributed by atoms with Gasteiger partial charge >= 0.3 is 0 Å². The van der Waals surface area contributed by atoms with Crippen LogP contribution in [0.2, 0.25) is 0 Å². The van der Waals surface area contributed by atoms with E-state index in [9.17, 15) is 4.79 Å². The van der Waals surface area contributed by atoms with Gasteiger partial charge in [0.2, 0.25) is 0 Å². The summed E-state index contributed by atoms with van der Waals surface area (Å²) in [5.41, 5.74) is 6.52. The predicted octanol–water partition coefficient (Wildman–Crippen LogP) is 1.77. The Bertz CT molecular complexity index is 334. The van der Waals surface area contributed by atoms with Crippen molar-refractivity contribution < 1.29 is 4.79 Å². The maximum Gasteiger partial charge on any atom is 0.250 e. The van der Waals surface area contributed by atoms with Crippen molar-refractivity contribution >= 4 is 11.6 Å². The molecule has 0 aromatic heterocycles. The second kappa shape index (κ2) is 5.07. The van der Waals surface area contributed by atoms with Crippen LogP contribution in [0.1, 0.15) is 16.8 Å². The van der Waals surface area contributed by atoms with Gasteiger partial charge in [-0.1, -0.05) is 18.2 Å². The Balaban J connectivity index is 2.74. The molecule has 3 N–H and O–H groups in total. The monoisotopic (exact) mass is 190 g/mol. The smallest absolute Gasteiger partial charge is 0.250 e. The molecule has 0 aliphatic carbocycles. The van der Waals surface area contributed by atoms with Gasteiger partial charge in [0.1, 0.15) is 0 Å². The summed E-state index contributed by atoms with van der Waals surface area (Å²) in [6, 6.07) is 7.20. The summed E-state index contributed by atoms with van der Waals surface area (Å²) < 4.78 is 0. The van der Waals surface area contributed by atoms with E-state index in [1.165, 1.54) is 0 Å². The number of primary amides is 1.